The SMILES string of the molecule is Cc1cc(C(=O)NCCc2ccccc2)nc(N2CCOCC2)n1. The summed E-state index contributed by atoms with van der Waals surface area (Å²) < 4.78 is 5.35. The Morgan fingerprint density at radius 2 is 1.96 bits per heavy atom. The lowest BCUT2D eigenvalue weighted by atomic mass is 10.1. The number of aryl methyl sites for hydroxylation is 1. The Kier molecular flexibility index (Phi) is 5.38. The molecule has 6 heteroatoms. The number of anilines is 1. The van der Waals surface area contributed by atoms with Gasteiger partial charge in [0.05, 0.1) is 13.2 Å². The summed E-state index contributed by atoms with van der Waals surface area (Å²) in [5.41, 5.74) is 2.41. The highest BCUT2D eigenvalue weighted by atomic mass is 16.5. The van der Waals surface area contributed by atoms with Crippen LogP contribution in [0.5, 0.6) is 0 Å². The van der Waals surface area contributed by atoms with Crippen molar-refractivity contribution in [3.05, 3.63) is 53.3 Å². The average Bonchev–Trinajstić information content (AvgIpc) is 2.63. The summed E-state index contributed by atoms with van der Waals surface area (Å²) in [6.07, 6.45) is 0.799. The molecule has 126 valence electrons. The van der Waals surface area contributed by atoms with Crippen LogP contribution in [0, 0.1) is 6.92 Å². The van der Waals surface area contributed by atoms with E-state index in [1.54, 1.807) is 6.07 Å². The Hall–Kier alpha value is -2.47. The molecule has 0 spiro atoms. The van der Waals surface area contributed by atoms with Gasteiger partial charge in [-0.2, -0.15) is 0 Å². The van der Waals surface area contributed by atoms with Crippen molar-refractivity contribution in [2.75, 3.05) is 37.7 Å². The second kappa shape index (κ2) is 7.88. The van der Waals surface area contributed by atoms with E-state index in [-0.39, 0.29) is 5.91 Å². The zero-order valence-electron chi connectivity index (χ0n) is 13.9. The largest absolute Gasteiger partial charge is 0.378 e. The molecular formula is C18H22N4O2. The number of carbonyl (C=O) groups excluding carboxylic acids is 1. The van der Waals surface area contributed by atoms with Crippen molar-refractivity contribution in [3.8, 4) is 0 Å². The lowest BCUT2D eigenvalue weighted by Crippen LogP contribution is -2.38. The molecule has 6 nitrogen and oxygen atoms in total. The third kappa shape index (κ3) is 4.29. The Morgan fingerprint density at radius 1 is 1.21 bits per heavy atom. The van der Waals surface area contributed by atoms with Crippen LogP contribution >= 0.6 is 0 Å². The first-order valence-electron chi connectivity index (χ1n) is 8.23. The van der Waals surface area contributed by atoms with E-state index in [0.29, 0.717) is 31.4 Å². The van der Waals surface area contributed by atoms with Crippen LogP contribution in [0.4, 0.5) is 5.95 Å². The highest BCUT2D eigenvalue weighted by molar-refractivity contribution is 5.92. The quantitative estimate of drug-likeness (QED) is 0.904. The molecular weight excluding hydrogens is 304 g/mol. The molecule has 1 aliphatic rings. The fourth-order valence-electron chi connectivity index (χ4n) is 2.63. The standard InChI is InChI=1S/C18H22N4O2/c1-14-13-16(21-18(20-14)22-9-11-24-12-10-22)17(23)19-8-7-15-5-3-2-4-6-15/h2-6,13H,7-12H2,1H3,(H,19,23). The molecule has 1 aliphatic heterocycles. The Morgan fingerprint density at radius 3 is 2.71 bits per heavy atom. The summed E-state index contributed by atoms with van der Waals surface area (Å²) >= 11 is 0. The van der Waals surface area contributed by atoms with Crippen LogP contribution in [0.25, 0.3) is 0 Å². The molecule has 0 aliphatic carbocycles. The zero-order valence-corrected chi connectivity index (χ0v) is 13.9. The van der Waals surface area contributed by atoms with Crippen LogP contribution in [0.2, 0.25) is 0 Å². The minimum Gasteiger partial charge on any atom is -0.378 e. The van der Waals surface area contributed by atoms with Gasteiger partial charge in [-0.25, -0.2) is 9.97 Å². The highest BCUT2D eigenvalue weighted by Gasteiger charge is 2.17. The summed E-state index contributed by atoms with van der Waals surface area (Å²) in [4.78, 5) is 23.3. The number of aromatic nitrogens is 2. The van der Waals surface area contributed by atoms with Gasteiger partial charge in [0.2, 0.25) is 5.95 Å². The molecule has 1 aromatic carbocycles. The molecule has 1 fully saturated rings. The first kappa shape index (κ1) is 16.4. The van der Waals surface area contributed by atoms with Gasteiger partial charge in [-0.1, -0.05) is 30.3 Å². The first-order valence-corrected chi connectivity index (χ1v) is 8.23. The van der Waals surface area contributed by atoms with E-state index in [2.05, 4.69) is 32.3 Å². The Bertz CT molecular complexity index is 685. The fraction of sp³-hybridized carbons (Fsp3) is 0.389. The topological polar surface area (TPSA) is 67.4 Å². The molecule has 0 atom stereocenters. The number of morpholine rings is 1. The lowest BCUT2D eigenvalue weighted by molar-refractivity contribution is 0.0948. The summed E-state index contributed by atoms with van der Waals surface area (Å²) in [7, 11) is 0. The van der Waals surface area contributed by atoms with E-state index in [1.165, 1.54) is 5.56 Å². The van der Waals surface area contributed by atoms with E-state index in [4.69, 9.17) is 4.74 Å². The number of ether oxygens (including phenoxy) is 1. The van der Waals surface area contributed by atoms with Gasteiger partial charge in [-0.15, -0.1) is 0 Å². The number of carbonyl (C=O) groups is 1. The molecule has 1 saturated heterocycles. The molecule has 1 amide bonds. The van der Waals surface area contributed by atoms with Crippen LogP contribution in [0.1, 0.15) is 21.7 Å². The van der Waals surface area contributed by atoms with Gasteiger partial charge in [0, 0.05) is 25.3 Å². The van der Waals surface area contributed by atoms with Crippen molar-refractivity contribution < 1.29 is 9.53 Å². The van der Waals surface area contributed by atoms with Crippen molar-refractivity contribution >= 4 is 11.9 Å². The molecule has 0 bridgehead atoms. The summed E-state index contributed by atoms with van der Waals surface area (Å²) in [5, 5.41) is 2.93. The number of hydrogen-bond acceptors (Lipinski definition) is 5. The molecule has 2 heterocycles. The third-order valence-electron chi connectivity index (χ3n) is 3.91. The second-order valence-corrected chi connectivity index (χ2v) is 5.79. The predicted molar refractivity (Wildman–Crippen MR) is 92.3 cm³/mol. The van der Waals surface area contributed by atoms with E-state index in [1.807, 2.05) is 25.1 Å². The molecule has 1 aromatic heterocycles. The monoisotopic (exact) mass is 326 g/mol. The van der Waals surface area contributed by atoms with Gasteiger partial charge >= 0.3 is 0 Å². The summed E-state index contributed by atoms with van der Waals surface area (Å²) in [6.45, 7) is 5.29. The van der Waals surface area contributed by atoms with Gasteiger partial charge in [-0.3, -0.25) is 4.79 Å². The predicted octanol–water partition coefficient (Wildman–Crippen LogP) is 1.59. The van der Waals surface area contributed by atoms with Crippen LogP contribution in [0.15, 0.2) is 36.4 Å². The van der Waals surface area contributed by atoms with Gasteiger partial charge in [0.25, 0.3) is 5.91 Å². The van der Waals surface area contributed by atoms with Gasteiger partial charge in [0.15, 0.2) is 0 Å². The number of hydrogen-bond donors (Lipinski definition) is 1. The normalized spacial score (nSPS) is 14.5. The fourth-order valence-corrected chi connectivity index (χ4v) is 2.63. The first-order chi connectivity index (χ1) is 11.7. The van der Waals surface area contributed by atoms with E-state index in [9.17, 15) is 4.79 Å². The Labute approximate surface area is 141 Å². The van der Waals surface area contributed by atoms with Crippen LogP contribution in [-0.2, 0) is 11.2 Å². The zero-order chi connectivity index (χ0) is 16.8. The Balaban J connectivity index is 1.62. The maximum Gasteiger partial charge on any atom is 0.270 e. The average molecular weight is 326 g/mol. The van der Waals surface area contributed by atoms with Crippen molar-refractivity contribution in [1.82, 2.24) is 15.3 Å². The molecule has 0 unspecified atom stereocenters. The van der Waals surface area contributed by atoms with Crippen molar-refractivity contribution in [2.24, 2.45) is 0 Å². The number of amides is 1. The third-order valence-corrected chi connectivity index (χ3v) is 3.91. The van der Waals surface area contributed by atoms with Crippen molar-refractivity contribution in [3.63, 3.8) is 0 Å². The molecule has 3 rings (SSSR count). The van der Waals surface area contributed by atoms with Crippen LogP contribution in [-0.4, -0.2) is 48.7 Å². The van der Waals surface area contributed by atoms with E-state index < -0.39 is 0 Å². The van der Waals surface area contributed by atoms with Gasteiger partial charge in [0.1, 0.15) is 5.69 Å². The van der Waals surface area contributed by atoms with E-state index >= 15 is 0 Å². The maximum atomic E-state index is 12.4. The summed E-state index contributed by atoms with van der Waals surface area (Å²) in [5.74, 6) is 0.442. The van der Waals surface area contributed by atoms with Gasteiger partial charge < -0.3 is 15.0 Å². The smallest absolute Gasteiger partial charge is 0.270 e. The summed E-state index contributed by atoms with van der Waals surface area (Å²) in [6, 6.07) is 11.8. The van der Waals surface area contributed by atoms with Crippen molar-refractivity contribution in [1.29, 1.82) is 0 Å². The van der Waals surface area contributed by atoms with Crippen molar-refractivity contribution in [2.45, 2.75) is 13.3 Å². The maximum absolute atomic E-state index is 12.4. The minimum absolute atomic E-state index is 0.161. The highest BCUT2D eigenvalue weighted by Crippen LogP contribution is 2.12. The van der Waals surface area contributed by atoms with Crippen LogP contribution < -0.4 is 10.2 Å². The molecule has 0 saturated carbocycles. The molecule has 24 heavy (non-hydrogen) atoms. The molecule has 1 N–H and O–H groups in total. The number of benzene rings is 1. The number of nitrogens with zero attached hydrogens (tertiary/aromatic N) is 3. The lowest BCUT2D eigenvalue weighted by Gasteiger charge is -2.27. The van der Waals surface area contributed by atoms with E-state index in [0.717, 1.165) is 25.2 Å². The molecule has 2 aromatic rings. The number of nitrogens with one attached hydrogen (secondary N) is 1. The van der Waals surface area contributed by atoms with Gasteiger partial charge in [-0.05, 0) is 25.0 Å². The number of rotatable bonds is 5. The second-order valence-electron chi connectivity index (χ2n) is 5.79. The minimum atomic E-state index is -0.161. The van der Waals surface area contributed by atoms with Crippen LogP contribution in [0.3, 0.4) is 0 Å². The molecule has 0 radical (unpaired) electrons.